The van der Waals surface area contributed by atoms with Gasteiger partial charge in [0.25, 0.3) is 5.91 Å². The lowest BCUT2D eigenvalue weighted by atomic mass is 9.89. The number of amides is 1. The molecule has 138 valence electrons. The molecular formula is C23H24N2O2. The highest BCUT2D eigenvalue weighted by Gasteiger charge is 2.47. The Kier molecular flexibility index (Phi) is 3.83. The van der Waals surface area contributed by atoms with Crippen LogP contribution in [0.4, 0.5) is 0 Å². The van der Waals surface area contributed by atoms with Crippen molar-refractivity contribution >= 4 is 16.9 Å². The van der Waals surface area contributed by atoms with Crippen LogP contribution in [0.5, 0.6) is 0 Å². The fourth-order valence-electron chi connectivity index (χ4n) is 4.87. The number of carbonyl (C=O) groups excluding carboxylic acids is 1. The molecule has 0 aliphatic carbocycles. The van der Waals surface area contributed by atoms with Gasteiger partial charge in [0, 0.05) is 36.5 Å². The van der Waals surface area contributed by atoms with Crippen molar-refractivity contribution in [2.75, 3.05) is 19.6 Å². The molecule has 0 spiro atoms. The minimum Gasteiger partial charge on any atom is -0.451 e. The first-order chi connectivity index (χ1) is 13.1. The smallest absolute Gasteiger partial charge is 0.290 e. The van der Waals surface area contributed by atoms with Crippen LogP contribution >= 0.6 is 0 Å². The number of fused-ring (bicyclic) bond motifs is 2. The molecule has 0 radical (unpaired) electrons. The summed E-state index contributed by atoms with van der Waals surface area (Å²) in [6, 6.07) is 16.7. The van der Waals surface area contributed by atoms with Crippen molar-refractivity contribution in [3.05, 3.63) is 71.0 Å². The van der Waals surface area contributed by atoms with E-state index in [2.05, 4.69) is 41.7 Å². The van der Waals surface area contributed by atoms with Gasteiger partial charge in [-0.3, -0.25) is 4.79 Å². The minimum atomic E-state index is 0.0182. The number of furan rings is 1. The highest BCUT2D eigenvalue weighted by molar-refractivity contribution is 5.99. The highest BCUT2D eigenvalue weighted by atomic mass is 16.3. The second-order valence-electron chi connectivity index (χ2n) is 7.95. The van der Waals surface area contributed by atoms with Crippen LogP contribution < -0.4 is 5.32 Å². The predicted octanol–water partition coefficient (Wildman–Crippen LogP) is 4.08. The van der Waals surface area contributed by atoms with Gasteiger partial charge in [0.05, 0.1) is 6.04 Å². The second kappa shape index (κ2) is 6.24. The molecular weight excluding hydrogens is 336 g/mol. The fraction of sp³-hybridized carbons (Fsp3) is 0.348. The average Bonchev–Trinajstić information content (AvgIpc) is 3.34. The molecule has 2 aromatic carbocycles. The molecule has 3 atom stereocenters. The third-order valence-electron chi connectivity index (χ3n) is 6.25. The monoisotopic (exact) mass is 360 g/mol. The van der Waals surface area contributed by atoms with Gasteiger partial charge in [-0.15, -0.1) is 0 Å². The van der Waals surface area contributed by atoms with Gasteiger partial charge >= 0.3 is 0 Å². The maximum Gasteiger partial charge on any atom is 0.290 e. The van der Waals surface area contributed by atoms with Crippen LogP contribution in [0.3, 0.4) is 0 Å². The number of rotatable bonds is 2. The number of likely N-dealkylation sites (tertiary alicyclic amines) is 1. The van der Waals surface area contributed by atoms with Gasteiger partial charge in [-0.05, 0) is 37.0 Å². The highest BCUT2D eigenvalue weighted by Crippen LogP contribution is 2.43. The fourth-order valence-corrected chi connectivity index (χ4v) is 4.87. The van der Waals surface area contributed by atoms with Crippen LogP contribution in [0, 0.1) is 25.7 Å². The first-order valence-electron chi connectivity index (χ1n) is 9.70. The number of nitrogens with one attached hydrogen (secondary N) is 1. The molecule has 1 N–H and O–H groups in total. The zero-order valence-corrected chi connectivity index (χ0v) is 15.7. The van der Waals surface area contributed by atoms with Gasteiger partial charge in [-0.2, -0.15) is 0 Å². The van der Waals surface area contributed by atoms with E-state index in [1.54, 1.807) is 0 Å². The molecule has 2 saturated heterocycles. The summed E-state index contributed by atoms with van der Waals surface area (Å²) in [4.78, 5) is 15.6. The summed E-state index contributed by atoms with van der Waals surface area (Å²) in [6.07, 6.45) is 0. The first-order valence-corrected chi connectivity index (χ1v) is 9.70. The molecule has 1 aromatic heterocycles. The number of nitrogens with zero attached hydrogens (tertiary/aromatic N) is 1. The standard InChI is InChI=1S/C23H24N2O2/c1-14-8-9-18-15(2)22(27-20(18)10-14)23(26)25-13-17-11-24-12-19(17)21(25)16-6-4-3-5-7-16/h3-10,17,19,21,24H,11-13H2,1-2H3/t17-,19-,21-/m0/s1. The number of benzene rings is 2. The maximum atomic E-state index is 13.5. The summed E-state index contributed by atoms with van der Waals surface area (Å²) < 4.78 is 6.05. The van der Waals surface area contributed by atoms with Crippen molar-refractivity contribution in [1.29, 1.82) is 0 Å². The van der Waals surface area contributed by atoms with Gasteiger partial charge in [0.15, 0.2) is 5.76 Å². The van der Waals surface area contributed by atoms with Crippen molar-refractivity contribution in [2.45, 2.75) is 19.9 Å². The Labute approximate surface area is 159 Å². The molecule has 4 heteroatoms. The molecule has 2 aliphatic rings. The number of carbonyl (C=O) groups is 1. The van der Waals surface area contributed by atoms with Crippen LogP contribution in [-0.4, -0.2) is 30.4 Å². The largest absolute Gasteiger partial charge is 0.451 e. The number of hydrogen-bond acceptors (Lipinski definition) is 3. The third kappa shape index (κ3) is 2.59. The van der Waals surface area contributed by atoms with Crippen LogP contribution in [0.15, 0.2) is 52.9 Å². The van der Waals surface area contributed by atoms with E-state index in [9.17, 15) is 4.79 Å². The van der Waals surface area contributed by atoms with Gasteiger partial charge in [0.1, 0.15) is 5.58 Å². The van der Waals surface area contributed by atoms with Crippen LogP contribution in [0.25, 0.3) is 11.0 Å². The topological polar surface area (TPSA) is 45.5 Å². The Bertz CT molecular complexity index is 1010. The van der Waals surface area contributed by atoms with Gasteiger partial charge in [-0.1, -0.05) is 42.5 Å². The molecule has 0 unspecified atom stereocenters. The van der Waals surface area contributed by atoms with E-state index in [1.807, 2.05) is 30.9 Å². The Morgan fingerprint density at radius 3 is 2.74 bits per heavy atom. The van der Waals surface area contributed by atoms with Crippen molar-refractivity contribution in [2.24, 2.45) is 11.8 Å². The van der Waals surface area contributed by atoms with Crippen molar-refractivity contribution in [3.8, 4) is 0 Å². The maximum absolute atomic E-state index is 13.5. The van der Waals surface area contributed by atoms with E-state index in [4.69, 9.17) is 4.42 Å². The van der Waals surface area contributed by atoms with Crippen molar-refractivity contribution in [1.82, 2.24) is 10.2 Å². The molecule has 0 saturated carbocycles. The summed E-state index contributed by atoms with van der Waals surface area (Å²) in [6.45, 7) is 6.76. The van der Waals surface area contributed by atoms with E-state index in [0.717, 1.165) is 41.7 Å². The van der Waals surface area contributed by atoms with Crippen molar-refractivity contribution in [3.63, 3.8) is 0 Å². The number of hydrogen-bond donors (Lipinski definition) is 1. The Morgan fingerprint density at radius 1 is 1.11 bits per heavy atom. The van der Waals surface area contributed by atoms with Gasteiger partial charge < -0.3 is 14.6 Å². The average molecular weight is 360 g/mol. The molecule has 2 fully saturated rings. The lowest BCUT2D eigenvalue weighted by Gasteiger charge is -2.28. The lowest BCUT2D eigenvalue weighted by molar-refractivity contribution is 0.0683. The second-order valence-corrected chi connectivity index (χ2v) is 7.95. The SMILES string of the molecule is Cc1ccc2c(C)c(C(=O)N3C[C@@H]4CNC[C@@H]4[C@@H]3c3ccccc3)oc2c1. The third-order valence-corrected chi connectivity index (χ3v) is 6.25. The van der Waals surface area contributed by atoms with Gasteiger partial charge in [0.2, 0.25) is 0 Å². The first kappa shape index (κ1) is 16.6. The van der Waals surface area contributed by atoms with E-state index >= 15 is 0 Å². The summed E-state index contributed by atoms with van der Waals surface area (Å²) >= 11 is 0. The minimum absolute atomic E-state index is 0.0182. The summed E-state index contributed by atoms with van der Waals surface area (Å²) in [5.41, 5.74) is 4.09. The van der Waals surface area contributed by atoms with Crippen LogP contribution in [0.2, 0.25) is 0 Å². The van der Waals surface area contributed by atoms with E-state index in [-0.39, 0.29) is 11.9 Å². The van der Waals surface area contributed by atoms with Crippen LogP contribution in [0.1, 0.15) is 33.3 Å². The molecule has 5 rings (SSSR count). The number of aryl methyl sites for hydroxylation is 2. The van der Waals surface area contributed by atoms with E-state index < -0.39 is 0 Å². The summed E-state index contributed by atoms with van der Waals surface area (Å²) in [5.74, 6) is 1.48. The van der Waals surface area contributed by atoms with E-state index in [1.165, 1.54) is 5.56 Å². The molecule has 4 nitrogen and oxygen atoms in total. The predicted molar refractivity (Wildman–Crippen MR) is 106 cm³/mol. The molecule has 0 bridgehead atoms. The molecule has 3 heterocycles. The van der Waals surface area contributed by atoms with Crippen molar-refractivity contribution < 1.29 is 9.21 Å². The lowest BCUT2D eigenvalue weighted by Crippen LogP contribution is -2.34. The molecule has 2 aliphatic heterocycles. The Hall–Kier alpha value is -2.59. The van der Waals surface area contributed by atoms with Gasteiger partial charge in [-0.25, -0.2) is 0 Å². The molecule has 3 aromatic rings. The zero-order valence-electron chi connectivity index (χ0n) is 15.7. The molecule has 1 amide bonds. The Morgan fingerprint density at radius 2 is 1.93 bits per heavy atom. The van der Waals surface area contributed by atoms with E-state index in [0.29, 0.717) is 17.6 Å². The summed E-state index contributed by atoms with van der Waals surface area (Å²) in [7, 11) is 0. The summed E-state index contributed by atoms with van der Waals surface area (Å²) in [5, 5.41) is 4.53. The quantitative estimate of drug-likeness (QED) is 0.749. The normalized spacial score (nSPS) is 24.5. The zero-order chi connectivity index (χ0) is 18.5. The Balaban J connectivity index is 1.56. The van der Waals surface area contributed by atoms with Crippen LogP contribution in [-0.2, 0) is 0 Å². The molecule has 27 heavy (non-hydrogen) atoms.